The maximum atomic E-state index is 8.81. The van der Waals surface area contributed by atoms with Crippen LogP contribution < -0.4 is 10.5 Å². The van der Waals surface area contributed by atoms with Crippen LogP contribution in [0.1, 0.15) is 5.56 Å². The minimum atomic E-state index is -2.62. The molecule has 5 heteroatoms. The summed E-state index contributed by atoms with van der Waals surface area (Å²) in [6.07, 6.45) is 1.19. The van der Waals surface area contributed by atoms with Crippen molar-refractivity contribution in [3.05, 3.63) is 29.8 Å². The number of nitrogens with one attached hydrogen (secondary N) is 1. The predicted molar refractivity (Wildman–Crippen MR) is 53.1 cm³/mol. The van der Waals surface area contributed by atoms with Crippen molar-refractivity contribution in [2.75, 3.05) is 11.9 Å². The zero-order chi connectivity index (χ0) is 9.68. The van der Waals surface area contributed by atoms with E-state index < -0.39 is 10.9 Å². The molecule has 0 aromatic heterocycles. The van der Waals surface area contributed by atoms with Gasteiger partial charge in [0, 0.05) is 12.2 Å². The Morgan fingerprint density at radius 2 is 1.92 bits per heavy atom. The Balaban J connectivity index is 0.000000184. The molecule has 0 spiro atoms. The zero-order valence-corrected chi connectivity index (χ0v) is 7.96. The summed E-state index contributed by atoms with van der Waals surface area (Å²) in [6.45, 7) is 1.11. The molecule has 4 nitrogen and oxygen atoms in total. The topological polar surface area (TPSA) is 72.2 Å². The highest BCUT2D eigenvalue weighted by Crippen LogP contribution is 2.19. The number of fused-ring (bicyclic) bond motifs is 1. The normalized spacial score (nSPS) is 12.8. The summed E-state index contributed by atoms with van der Waals surface area (Å²) in [6, 6.07) is 8.46. The molecule has 1 heterocycles. The number of thiol groups is 1. The van der Waals surface area contributed by atoms with Gasteiger partial charge in [-0.1, -0.05) is 18.2 Å². The number of hydrogen-bond donors (Lipinski definition) is 3. The number of anilines is 1. The minimum absolute atomic E-state index is 1.11. The number of para-hydroxylation sites is 1. The van der Waals surface area contributed by atoms with E-state index in [-0.39, 0.29) is 0 Å². The second-order valence-corrected chi connectivity index (χ2v) is 3.19. The summed E-state index contributed by atoms with van der Waals surface area (Å²) in [5.74, 6) is 0. The summed E-state index contributed by atoms with van der Waals surface area (Å²) in [5.41, 5.74) is 2.77. The van der Waals surface area contributed by atoms with Gasteiger partial charge < -0.3 is 5.32 Å². The lowest BCUT2D eigenvalue weighted by molar-refractivity contribution is 0.616. The fraction of sp³-hybridized carbons (Fsp3) is 0.250. The predicted octanol–water partition coefficient (Wildman–Crippen LogP) is 0.126. The first-order valence-corrected chi connectivity index (χ1v) is 5.15. The lowest BCUT2D eigenvalue weighted by Gasteiger charge is -1.94. The van der Waals surface area contributed by atoms with Gasteiger partial charge in [0.1, 0.15) is 0 Å². The Labute approximate surface area is 78.8 Å². The van der Waals surface area contributed by atoms with Gasteiger partial charge in [-0.05, 0) is 18.1 Å². The second kappa shape index (κ2) is 4.84. The van der Waals surface area contributed by atoms with E-state index in [2.05, 4.69) is 34.7 Å². The van der Waals surface area contributed by atoms with Crippen molar-refractivity contribution in [2.45, 2.75) is 6.42 Å². The lowest BCUT2D eigenvalue weighted by atomic mass is 10.2. The van der Waals surface area contributed by atoms with Crippen molar-refractivity contribution in [3.63, 3.8) is 0 Å². The van der Waals surface area contributed by atoms with Crippen LogP contribution in [0.2, 0.25) is 0 Å². The lowest BCUT2D eigenvalue weighted by Crippen LogP contribution is -1.90. The van der Waals surface area contributed by atoms with Crippen LogP contribution in [0, 0.1) is 0 Å². The van der Waals surface area contributed by atoms with Crippen LogP contribution in [0.3, 0.4) is 0 Å². The average molecular weight is 200 g/mol. The Morgan fingerprint density at radius 3 is 2.54 bits per heavy atom. The number of rotatable bonds is 0. The summed E-state index contributed by atoms with van der Waals surface area (Å²) in [5, 5.41) is 7.36. The Bertz CT molecular complexity index is 319. The van der Waals surface area contributed by atoms with Crippen LogP contribution >= 0.6 is 0 Å². The molecule has 0 atom stereocenters. The van der Waals surface area contributed by atoms with Crippen molar-refractivity contribution in [1.29, 1.82) is 0 Å². The van der Waals surface area contributed by atoms with Crippen molar-refractivity contribution in [3.8, 4) is 0 Å². The van der Waals surface area contributed by atoms with Crippen LogP contribution in [-0.4, -0.2) is 15.0 Å². The molecule has 1 aliphatic rings. The third-order valence-electron chi connectivity index (χ3n) is 1.73. The van der Waals surface area contributed by atoms with Crippen LogP contribution in [0.5, 0.6) is 0 Å². The Kier molecular flexibility index (Phi) is 3.72. The monoisotopic (exact) mass is 200 g/mol. The maximum Gasteiger partial charge on any atom is 0.198 e. The fourth-order valence-corrected chi connectivity index (χ4v) is 1.24. The standard InChI is InChI=1S/C8H9N.H3NO2S/c1-2-4-8-7(3-1)5-6-9-8;1-4(2)3/h1-4,9H,5-6H2;4H,(H2,1,2,3). The van der Waals surface area contributed by atoms with Gasteiger partial charge >= 0.3 is 0 Å². The van der Waals surface area contributed by atoms with E-state index in [4.69, 9.17) is 8.42 Å². The summed E-state index contributed by atoms with van der Waals surface area (Å²) >= 11 is 0. The van der Waals surface area contributed by atoms with Gasteiger partial charge in [-0.2, -0.15) is 0 Å². The first-order valence-electron chi connectivity index (χ1n) is 3.91. The quantitative estimate of drug-likeness (QED) is 0.521. The third-order valence-corrected chi connectivity index (χ3v) is 1.73. The molecule has 2 rings (SSSR count). The molecule has 0 amide bonds. The number of nitrogens with two attached hydrogens (primary N) is 1. The summed E-state index contributed by atoms with van der Waals surface area (Å²) in [7, 11) is -2.62. The molecule has 0 saturated carbocycles. The van der Waals surface area contributed by atoms with E-state index in [0.29, 0.717) is 0 Å². The van der Waals surface area contributed by atoms with Crippen LogP contribution in [0.15, 0.2) is 24.3 Å². The van der Waals surface area contributed by atoms with Gasteiger partial charge in [-0.3, -0.25) is 0 Å². The van der Waals surface area contributed by atoms with Gasteiger partial charge in [0.2, 0.25) is 0 Å². The molecule has 13 heavy (non-hydrogen) atoms. The van der Waals surface area contributed by atoms with Crippen molar-refractivity contribution >= 4 is 16.6 Å². The van der Waals surface area contributed by atoms with Gasteiger partial charge in [-0.15, -0.1) is 0 Å². The molecule has 0 aliphatic carbocycles. The summed E-state index contributed by atoms with van der Waals surface area (Å²) in [4.78, 5) is 0. The van der Waals surface area contributed by atoms with Gasteiger partial charge in [0.05, 0.1) is 0 Å². The molecule has 3 N–H and O–H groups in total. The molecular weight excluding hydrogens is 188 g/mol. The van der Waals surface area contributed by atoms with Crippen molar-refractivity contribution in [2.24, 2.45) is 5.14 Å². The highest BCUT2D eigenvalue weighted by molar-refractivity contribution is 7.69. The smallest absolute Gasteiger partial charge is 0.198 e. The number of benzene rings is 1. The molecule has 1 aliphatic heterocycles. The van der Waals surface area contributed by atoms with E-state index in [9.17, 15) is 0 Å². The fourth-order valence-electron chi connectivity index (χ4n) is 1.24. The largest absolute Gasteiger partial charge is 0.384 e. The first kappa shape index (κ1) is 10.0. The zero-order valence-electron chi connectivity index (χ0n) is 7.06. The summed E-state index contributed by atoms with van der Waals surface area (Å²) < 4.78 is 17.6. The third kappa shape index (κ3) is 3.43. The van der Waals surface area contributed by atoms with Gasteiger partial charge in [-0.25, -0.2) is 13.6 Å². The first-order chi connectivity index (χ1) is 6.20. The van der Waals surface area contributed by atoms with Gasteiger partial charge in [0.15, 0.2) is 10.9 Å². The van der Waals surface area contributed by atoms with E-state index in [1.807, 2.05) is 0 Å². The SMILES string of the molecule is N[SH](=O)=O.c1ccc2c(c1)CCN2. The minimum Gasteiger partial charge on any atom is -0.384 e. The molecule has 0 bridgehead atoms. The van der Waals surface area contributed by atoms with Crippen LogP contribution in [-0.2, 0) is 17.3 Å². The van der Waals surface area contributed by atoms with Gasteiger partial charge in [0.25, 0.3) is 0 Å². The molecule has 72 valence electrons. The molecule has 0 radical (unpaired) electrons. The Hall–Kier alpha value is -1.07. The van der Waals surface area contributed by atoms with Crippen LogP contribution in [0.4, 0.5) is 5.69 Å². The van der Waals surface area contributed by atoms with Crippen LogP contribution in [0.25, 0.3) is 0 Å². The second-order valence-electron chi connectivity index (χ2n) is 2.62. The molecule has 1 aromatic carbocycles. The molecule has 0 unspecified atom stereocenters. The van der Waals surface area contributed by atoms with E-state index in [1.54, 1.807) is 0 Å². The van der Waals surface area contributed by atoms with E-state index >= 15 is 0 Å². The molecule has 0 fully saturated rings. The molecular formula is C8H12N2O2S. The molecule has 0 saturated heterocycles. The van der Waals surface area contributed by atoms with E-state index in [0.717, 1.165) is 6.54 Å². The molecule has 1 aromatic rings. The average Bonchev–Trinajstić information content (AvgIpc) is 2.49. The van der Waals surface area contributed by atoms with E-state index in [1.165, 1.54) is 17.7 Å². The maximum absolute atomic E-state index is 8.81. The Morgan fingerprint density at radius 1 is 1.31 bits per heavy atom. The highest BCUT2D eigenvalue weighted by atomic mass is 32.2. The highest BCUT2D eigenvalue weighted by Gasteiger charge is 2.05. The van der Waals surface area contributed by atoms with Crippen molar-refractivity contribution < 1.29 is 8.42 Å². The number of hydrogen-bond acceptors (Lipinski definition) is 3. The van der Waals surface area contributed by atoms with Crippen molar-refractivity contribution in [1.82, 2.24) is 0 Å².